The molecule has 168 valence electrons. The van der Waals surface area contributed by atoms with E-state index < -0.39 is 0 Å². The standard InChI is InChI=1S/C24H35N5O2/c30-29(31)24-9-7-21(8-10-24)17-23-18-26-13-12-25-11-4-15-28(16-14-27-19-23)20-22-5-2-1-3-6-22/h1-3,5-10,23,25-27H,4,11-20H2. The van der Waals surface area contributed by atoms with Crippen LogP contribution >= 0.6 is 0 Å². The molecule has 1 fully saturated rings. The van der Waals surface area contributed by atoms with Crippen LogP contribution in [0.15, 0.2) is 54.6 Å². The van der Waals surface area contributed by atoms with E-state index in [2.05, 4.69) is 51.2 Å². The molecule has 2 aromatic rings. The zero-order valence-corrected chi connectivity index (χ0v) is 18.3. The quantitative estimate of drug-likeness (QED) is 0.504. The number of non-ortho nitro benzene ring substituents is 1. The molecule has 7 nitrogen and oxygen atoms in total. The van der Waals surface area contributed by atoms with E-state index in [9.17, 15) is 10.1 Å². The third-order valence-corrected chi connectivity index (χ3v) is 5.70. The fourth-order valence-electron chi connectivity index (χ4n) is 3.99. The maximum atomic E-state index is 10.9. The lowest BCUT2D eigenvalue weighted by molar-refractivity contribution is -0.384. The van der Waals surface area contributed by atoms with Gasteiger partial charge in [-0.05, 0) is 56.1 Å². The van der Waals surface area contributed by atoms with Gasteiger partial charge in [0.2, 0.25) is 0 Å². The first-order valence-electron chi connectivity index (χ1n) is 11.3. The summed E-state index contributed by atoms with van der Waals surface area (Å²) in [6, 6.07) is 17.6. The molecule has 2 aromatic carbocycles. The normalized spacial score (nSPS) is 20.1. The molecule has 0 saturated carbocycles. The Balaban J connectivity index is 1.54. The Kier molecular flexibility index (Phi) is 9.92. The number of benzene rings is 2. The van der Waals surface area contributed by atoms with E-state index in [1.165, 1.54) is 5.56 Å². The molecule has 1 unspecified atom stereocenters. The molecule has 1 heterocycles. The van der Waals surface area contributed by atoms with Crippen LogP contribution in [0, 0.1) is 16.0 Å². The van der Waals surface area contributed by atoms with Gasteiger partial charge in [0.1, 0.15) is 0 Å². The summed E-state index contributed by atoms with van der Waals surface area (Å²) >= 11 is 0. The second-order valence-corrected chi connectivity index (χ2v) is 8.27. The summed E-state index contributed by atoms with van der Waals surface area (Å²) in [4.78, 5) is 13.1. The molecular formula is C24H35N5O2. The van der Waals surface area contributed by atoms with Gasteiger partial charge in [-0.1, -0.05) is 42.5 Å². The van der Waals surface area contributed by atoms with Crippen molar-refractivity contribution in [1.29, 1.82) is 0 Å². The van der Waals surface area contributed by atoms with Gasteiger partial charge >= 0.3 is 0 Å². The highest BCUT2D eigenvalue weighted by atomic mass is 16.6. The molecule has 0 aromatic heterocycles. The molecule has 3 N–H and O–H groups in total. The molecule has 3 rings (SSSR count). The average molecular weight is 426 g/mol. The first-order valence-corrected chi connectivity index (χ1v) is 11.3. The van der Waals surface area contributed by atoms with E-state index in [1.807, 2.05) is 12.1 Å². The van der Waals surface area contributed by atoms with Crippen LogP contribution in [0.4, 0.5) is 5.69 Å². The fraction of sp³-hybridized carbons (Fsp3) is 0.500. The summed E-state index contributed by atoms with van der Waals surface area (Å²) in [7, 11) is 0. The predicted molar refractivity (Wildman–Crippen MR) is 125 cm³/mol. The Morgan fingerprint density at radius 2 is 1.55 bits per heavy atom. The van der Waals surface area contributed by atoms with Crippen molar-refractivity contribution in [2.24, 2.45) is 5.92 Å². The van der Waals surface area contributed by atoms with Gasteiger partial charge in [-0.25, -0.2) is 0 Å². The van der Waals surface area contributed by atoms with E-state index >= 15 is 0 Å². The minimum Gasteiger partial charge on any atom is -0.315 e. The Hall–Kier alpha value is -2.32. The van der Waals surface area contributed by atoms with E-state index in [0.717, 1.165) is 77.3 Å². The molecule has 1 atom stereocenters. The van der Waals surface area contributed by atoms with E-state index in [4.69, 9.17) is 0 Å². The molecule has 0 radical (unpaired) electrons. The molecule has 1 aliphatic heterocycles. The number of nitro benzene ring substituents is 1. The summed E-state index contributed by atoms with van der Waals surface area (Å²) in [5.41, 5.74) is 2.65. The number of hydrogen-bond donors (Lipinski definition) is 3. The number of hydrogen-bond acceptors (Lipinski definition) is 6. The van der Waals surface area contributed by atoms with Crippen LogP contribution in [0.2, 0.25) is 0 Å². The molecule has 31 heavy (non-hydrogen) atoms. The number of rotatable bonds is 5. The summed E-state index contributed by atoms with van der Waals surface area (Å²) in [6.45, 7) is 8.85. The highest BCUT2D eigenvalue weighted by Gasteiger charge is 2.13. The van der Waals surface area contributed by atoms with Crippen molar-refractivity contribution in [3.63, 3.8) is 0 Å². The van der Waals surface area contributed by atoms with Crippen molar-refractivity contribution >= 4 is 5.69 Å². The van der Waals surface area contributed by atoms with Gasteiger partial charge in [0.25, 0.3) is 5.69 Å². The smallest absolute Gasteiger partial charge is 0.269 e. The molecule has 0 aliphatic carbocycles. The maximum Gasteiger partial charge on any atom is 0.269 e. The molecule has 0 amide bonds. The van der Waals surface area contributed by atoms with Gasteiger partial charge in [0.05, 0.1) is 4.92 Å². The van der Waals surface area contributed by atoms with Crippen LogP contribution in [0.1, 0.15) is 17.5 Å². The largest absolute Gasteiger partial charge is 0.315 e. The predicted octanol–water partition coefficient (Wildman–Crippen LogP) is 2.43. The maximum absolute atomic E-state index is 10.9. The Morgan fingerprint density at radius 1 is 0.839 bits per heavy atom. The van der Waals surface area contributed by atoms with Crippen LogP contribution in [-0.4, -0.2) is 62.2 Å². The molecule has 1 aliphatic rings. The van der Waals surface area contributed by atoms with Gasteiger partial charge in [-0.2, -0.15) is 0 Å². The second-order valence-electron chi connectivity index (χ2n) is 8.27. The van der Waals surface area contributed by atoms with Crippen molar-refractivity contribution in [2.45, 2.75) is 19.4 Å². The Labute approximate surface area is 185 Å². The van der Waals surface area contributed by atoms with Crippen LogP contribution < -0.4 is 16.0 Å². The van der Waals surface area contributed by atoms with Gasteiger partial charge in [0, 0.05) is 44.9 Å². The van der Waals surface area contributed by atoms with Crippen molar-refractivity contribution < 1.29 is 4.92 Å². The molecule has 0 bridgehead atoms. The monoisotopic (exact) mass is 425 g/mol. The zero-order valence-electron chi connectivity index (χ0n) is 18.3. The first-order chi connectivity index (χ1) is 15.2. The van der Waals surface area contributed by atoms with Gasteiger partial charge in [0.15, 0.2) is 0 Å². The lowest BCUT2D eigenvalue weighted by Crippen LogP contribution is -2.40. The first kappa shape index (κ1) is 23.3. The van der Waals surface area contributed by atoms with Gasteiger partial charge in [-0.15, -0.1) is 0 Å². The van der Waals surface area contributed by atoms with Crippen molar-refractivity contribution in [1.82, 2.24) is 20.9 Å². The van der Waals surface area contributed by atoms with Gasteiger partial charge < -0.3 is 16.0 Å². The Morgan fingerprint density at radius 3 is 2.29 bits per heavy atom. The third kappa shape index (κ3) is 8.75. The zero-order chi connectivity index (χ0) is 21.7. The van der Waals surface area contributed by atoms with E-state index in [-0.39, 0.29) is 10.6 Å². The highest BCUT2D eigenvalue weighted by Crippen LogP contribution is 2.15. The van der Waals surface area contributed by atoms with E-state index in [1.54, 1.807) is 12.1 Å². The summed E-state index contributed by atoms with van der Waals surface area (Å²) in [6.07, 6.45) is 2.05. The third-order valence-electron chi connectivity index (χ3n) is 5.70. The summed E-state index contributed by atoms with van der Waals surface area (Å²) in [5.74, 6) is 0.437. The Bertz CT molecular complexity index is 769. The van der Waals surface area contributed by atoms with Crippen molar-refractivity contribution in [3.8, 4) is 0 Å². The van der Waals surface area contributed by atoms with E-state index in [0.29, 0.717) is 5.92 Å². The van der Waals surface area contributed by atoms with Crippen LogP contribution in [0.25, 0.3) is 0 Å². The molecule has 1 saturated heterocycles. The molecule has 7 heteroatoms. The molecular weight excluding hydrogens is 390 g/mol. The van der Waals surface area contributed by atoms with Gasteiger partial charge in [-0.3, -0.25) is 15.0 Å². The molecule has 0 spiro atoms. The minimum atomic E-state index is -0.345. The fourth-order valence-corrected chi connectivity index (χ4v) is 3.99. The van der Waals surface area contributed by atoms with Crippen LogP contribution in [0.3, 0.4) is 0 Å². The summed E-state index contributed by atoms with van der Waals surface area (Å²) in [5, 5.41) is 21.6. The SMILES string of the molecule is O=[N+]([O-])c1ccc(CC2CNCCNCCCN(Cc3ccccc3)CCNC2)cc1. The minimum absolute atomic E-state index is 0.149. The topological polar surface area (TPSA) is 82.5 Å². The van der Waals surface area contributed by atoms with Crippen molar-refractivity contribution in [2.75, 3.05) is 52.4 Å². The lowest BCUT2D eigenvalue weighted by Gasteiger charge is -2.25. The average Bonchev–Trinajstić information content (AvgIpc) is 2.78. The second kappa shape index (κ2) is 13.2. The van der Waals surface area contributed by atoms with Crippen LogP contribution in [-0.2, 0) is 13.0 Å². The summed E-state index contributed by atoms with van der Waals surface area (Å²) < 4.78 is 0. The lowest BCUT2D eigenvalue weighted by atomic mass is 9.98. The van der Waals surface area contributed by atoms with Crippen LogP contribution in [0.5, 0.6) is 0 Å². The number of nitro groups is 1. The van der Waals surface area contributed by atoms with Crippen molar-refractivity contribution in [3.05, 3.63) is 75.8 Å². The number of nitrogens with zero attached hydrogens (tertiary/aromatic N) is 2. The highest BCUT2D eigenvalue weighted by molar-refractivity contribution is 5.33. The number of nitrogens with one attached hydrogen (secondary N) is 3.